The molecule has 0 fully saturated rings. The van der Waals surface area contributed by atoms with E-state index in [9.17, 15) is 0 Å². The first-order valence-electron chi connectivity index (χ1n) is 7.27. The van der Waals surface area contributed by atoms with Crippen LogP contribution in [0.1, 0.15) is 16.7 Å². The quantitative estimate of drug-likeness (QED) is 0.438. The molecule has 0 radical (unpaired) electrons. The minimum absolute atomic E-state index is 0.654. The summed E-state index contributed by atoms with van der Waals surface area (Å²) in [6.45, 7) is 0. The lowest BCUT2D eigenvalue weighted by atomic mass is 10.1. The zero-order valence-corrected chi connectivity index (χ0v) is 13.2. The van der Waals surface area contributed by atoms with Gasteiger partial charge in [0.15, 0.2) is 0 Å². The van der Waals surface area contributed by atoms with Gasteiger partial charge in [-0.1, -0.05) is 72.0 Å². The molecule has 23 heavy (non-hydrogen) atoms. The number of benzene rings is 3. The Kier molecular flexibility index (Phi) is 4.88. The first-order chi connectivity index (χ1) is 11.3. The molecule has 0 aliphatic rings. The summed E-state index contributed by atoms with van der Waals surface area (Å²) in [4.78, 5) is 4.54. The monoisotopic (exact) mass is 315 g/mol. The molecule has 3 aromatic carbocycles. The predicted octanol–water partition coefficient (Wildman–Crippen LogP) is 5.49. The van der Waals surface area contributed by atoms with E-state index in [1.165, 1.54) is 0 Å². The molecule has 0 bridgehead atoms. The molecule has 0 saturated heterocycles. The van der Waals surface area contributed by atoms with Crippen molar-refractivity contribution in [2.24, 2.45) is 4.99 Å². The van der Waals surface area contributed by atoms with Crippen molar-refractivity contribution in [3.63, 3.8) is 0 Å². The third-order valence-electron chi connectivity index (χ3n) is 3.23. The fourth-order valence-electron chi connectivity index (χ4n) is 2.07. The van der Waals surface area contributed by atoms with Crippen molar-refractivity contribution in [3.8, 4) is 11.8 Å². The molecule has 0 spiro atoms. The van der Waals surface area contributed by atoms with Gasteiger partial charge in [0.25, 0.3) is 0 Å². The fraction of sp³-hybridized carbons (Fsp3) is 0. The van der Waals surface area contributed by atoms with Gasteiger partial charge >= 0.3 is 0 Å². The second-order valence-electron chi connectivity index (χ2n) is 4.95. The van der Waals surface area contributed by atoms with Crippen molar-refractivity contribution in [3.05, 3.63) is 101 Å². The second kappa shape index (κ2) is 7.45. The Hall–Kier alpha value is -2.82. The Morgan fingerprint density at radius 3 is 2.22 bits per heavy atom. The van der Waals surface area contributed by atoms with Crippen LogP contribution in [0.3, 0.4) is 0 Å². The summed E-state index contributed by atoms with van der Waals surface area (Å²) >= 11 is 6.10. The lowest BCUT2D eigenvalue weighted by Gasteiger charge is -2.00. The minimum atomic E-state index is 0.654. The Labute approximate surface area is 141 Å². The summed E-state index contributed by atoms with van der Waals surface area (Å²) in [5, 5.41) is 0.654. The lowest BCUT2D eigenvalue weighted by Crippen LogP contribution is -1.82. The van der Waals surface area contributed by atoms with Crippen molar-refractivity contribution in [2.45, 2.75) is 0 Å². The summed E-state index contributed by atoms with van der Waals surface area (Å²) < 4.78 is 0. The highest BCUT2D eigenvalue weighted by molar-refractivity contribution is 6.30. The number of rotatable bonds is 2. The average molecular weight is 316 g/mol. The van der Waals surface area contributed by atoms with E-state index < -0.39 is 0 Å². The first-order valence-corrected chi connectivity index (χ1v) is 7.65. The van der Waals surface area contributed by atoms with Crippen LogP contribution in [0.2, 0.25) is 5.02 Å². The van der Waals surface area contributed by atoms with Crippen LogP contribution in [0, 0.1) is 11.8 Å². The maximum absolute atomic E-state index is 6.10. The van der Waals surface area contributed by atoms with Crippen LogP contribution < -0.4 is 0 Å². The van der Waals surface area contributed by atoms with Gasteiger partial charge in [0, 0.05) is 16.8 Å². The summed E-state index contributed by atoms with van der Waals surface area (Å²) in [6, 6.07) is 25.4. The molecule has 3 rings (SSSR count). The Morgan fingerprint density at radius 1 is 0.783 bits per heavy atom. The molecule has 1 nitrogen and oxygen atoms in total. The standard InChI is InChI=1S/C21H14ClN/c22-20-13-14-21(23-16-18-9-5-2-6-10-18)19(15-20)12-11-17-7-3-1-4-8-17/h1-10,13-16H. The molecule has 0 aliphatic carbocycles. The predicted molar refractivity (Wildman–Crippen MR) is 97.6 cm³/mol. The van der Waals surface area contributed by atoms with Gasteiger partial charge in [-0.3, -0.25) is 4.99 Å². The number of nitrogens with zero attached hydrogens (tertiary/aromatic N) is 1. The molecule has 110 valence electrons. The average Bonchev–Trinajstić information content (AvgIpc) is 2.61. The molecule has 0 unspecified atom stereocenters. The summed E-state index contributed by atoms with van der Waals surface area (Å²) in [6.07, 6.45) is 1.83. The number of hydrogen-bond donors (Lipinski definition) is 0. The molecule has 0 aliphatic heterocycles. The van der Waals surface area contributed by atoms with Gasteiger partial charge < -0.3 is 0 Å². The van der Waals surface area contributed by atoms with Crippen molar-refractivity contribution in [1.29, 1.82) is 0 Å². The van der Waals surface area contributed by atoms with Gasteiger partial charge in [0.1, 0.15) is 0 Å². The number of hydrogen-bond acceptors (Lipinski definition) is 1. The van der Waals surface area contributed by atoms with Crippen LogP contribution in [0.5, 0.6) is 0 Å². The van der Waals surface area contributed by atoms with Gasteiger partial charge in [0.05, 0.1) is 11.3 Å². The van der Waals surface area contributed by atoms with E-state index >= 15 is 0 Å². The minimum Gasteiger partial charge on any atom is -0.255 e. The lowest BCUT2D eigenvalue weighted by molar-refractivity contribution is 1.49. The SMILES string of the molecule is Clc1ccc(N=Cc2ccccc2)c(C#Cc2ccccc2)c1. The highest BCUT2D eigenvalue weighted by Gasteiger charge is 1.99. The second-order valence-corrected chi connectivity index (χ2v) is 5.38. The molecule has 0 aromatic heterocycles. The van der Waals surface area contributed by atoms with Crippen molar-refractivity contribution >= 4 is 23.5 Å². The Bertz CT molecular complexity index is 872. The normalized spacial score (nSPS) is 10.3. The largest absolute Gasteiger partial charge is 0.255 e. The fourth-order valence-corrected chi connectivity index (χ4v) is 2.24. The van der Waals surface area contributed by atoms with Crippen LogP contribution >= 0.6 is 11.6 Å². The summed E-state index contributed by atoms with van der Waals surface area (Å²) in [7, 11) is 0. The highest BCUT2D eigenvalue weighted by atomic mass is 35.5. The molecule has 0 amide bonds. The van der Waals surface area contributed by atoms with E-state index in [-0.39, 0.29) is 0 Å². The molecule has 0 saturated carbocycles. The zero-order chi connectivity index (χ0) is 15.9. The van der Waals surface area contributed by atoms with E-state index in [2.05, 4.69) is 16.8 Å². The smallest absolute Gasteiger partial charge is 0.0787 e. The van der Waals surface area contributed by atoms with E-state index in [1.807, 2.05) is 85.1 Å². The van der Waals surface area contributed by atoms with E-state index in [1.54, 1.807) is 0 Å². The number of halogens is 1. The first kappa shape index (κ1) is 15.1. The van der Waals surface area contributed by atoms with Crippen molar-refractivity contribution in [2.75, 3.05) is 0 Å². The van der Waals surface area contributed by atoms with Gasteiger partial charge in [-0.15, -0.1) is 0 Å². The van der Waals surface area contributed by atoms with Crippen LogP contribution in [0.25, 0.3) is 0 Å². The maximum Gasteiger partial charge on any atom is 0.0787 e. The third-order valence-corrected chi connectivity index (χ3v) is 3.46. The van der Waals surface area contributed by atoms with Gasteiger partial charge in [0.2, 0.25) is 0 Å². The summed E-state index contributed by atoms with van der Waals surface area (Å²) in [5.74, 6) is 6.30. The van der Waals surface area contributed by atoms with Crippen LogP contribution in [0.15, 0.2) is 83.9 Å². The van der Waals surface area contributed by atoms with E-state index in [0.29, 0.717) is 5.02 Å². The van der Waals surface area contributed by atoms with E-state index in [0.717, 1.165) is 22.4 Å². The molecule has 2 heteroatoms. The molecule has 0 atom stereocenters. The molecular formula is C21H14ClN. The Balaban J connectivity index is 1.93. The molecule has 3 aromatic rings. The van der Waals surface area contributed by atoms with Crippen LogP contribution in [-0.4, -0.2) is 6.21 Å². The van der Waals surface area contributed by atoms with Crippen LogP contribution in [-0.2, 0) is 0 Å². The highest BCUT2D eigenvalue weighted by Crippen LogP contribution is 2.22. The molecule has 0 N–H and O–H groups in total. The van der Waals surface area contributed by atoms with E-state index in [4.69, 9.17) is 11.6 Å². The third kappa shape index (κ3) is 4.32. The van der Waals surface area contributed by atoms with Gasteiger partial charge in [-0.2, -0.15) is 0 Å². The Morgan fingerprint density at radius 2 is 1.48 bits per heavy atom. The maximum atomic E-state index is 6.10. The van der Waals surface area contributed by atoms with Crippen molar-refractivity contribution in [1.82, 2.24) is 0 Å². The topological polar surface area (TPSA) is 12.4 Å². The zero-order valence-electron chi connectivity index (χ0n) is 12.4. The molecular weight excluding hydrogens is 302 g/mol. The number of aliphatic imine (C=N–C) groups is 1. The molecule has 0 heterocycles. The summed E-state index contributed by atoms with van der Waals surface area (Å²) in [5.41, 5.74) is 3.63. The van der Waals surface area contributed by atoms with Crippen molar-refractivity contribution < 1.29 is 0 Å². The van der Waals surface area contributed by atoms with Crippen LogP contribution in [0.4, 0.5) is 5.69 Å². The van der Waals surface area contributed by atoms with Gasteiger partial charge in [-0.05, 0) is 35.9 Å². The van der Waals surface area contributed by atoms with Gasteiger partial charge in [-0.25, -0.2) is 0 Å².